The first-order valence-electron chi connectivity index (χ1n) is 16.0. The molecule has 0 radical (unpaired) electrons. The third-order valence-electron chi connectivity index (χ3n) is 7.61. The molecule has 0 saturated carbocycles. The monoisotopic (exact) mass is 695 g/mol. The Morgan fingerprint density at radius 2 is 1.80 bits per heavy atom. The molecule has 0 atom stereocenters. The Bertz CT molecular complexity index is 2010. The number of thiophene rings is 1. The molecule has 0 spiro atoms. The Labute approximate surface area is 293 Å². The first-order valence-corrected chi connectivity index (χ1v) is 16.9. The van der Waals surface area contributed by atoms with E-state index in [-0.39, 0.29) is 40.3 Å². The van der Waals surface area contributed by atoms with Gasteiger partial charge in [0.25, 0.3) is 11.8 Å². The largest absolute Gasteiger partial charge is 0.493 e. The number of hydrogen-bond acceptors (Lipinski definition) is 10. The normalized spacial score (nSPS) is 11.8. The summed E-state index contributed by atoms with van der Waals surface area (Å²) in [7, 11) is 1.21. The minimum absolute atomic E-state index is 0.0164. The van der Waals surface area contributed by atoms with E-state index in [4.69, 9.17) is 14.2 Å². The number of amides is 3. The van der Waals surface area contributed by atoms with Gasteiger partial charge < -0.3 is 30.2 Å². The minimum Gasteiger partial charge on any atom is -0.493 e. The zero-order valence-corrected chi connectivity index (χ0v) is 29.2. The molecule has 0 fully saturated rings. The number of nitrogens with one attached hydrogen (secondary N) is 3. The molecule has 2 aromatic heterocycles. The SMILES string of the molecule is CCCNC(=O)c1ccc(-c2cc3c(cc2C(=O)Nc2ccc(CNC(=O)OC(C)(C)C)cc2C#N)-c2sccc2CCO3)c(C(=O)OC)n1. The first-order chi connectivity index (χ1) is 23.9. The van der Waals surface area contributed by atoms with Gasteiger partial charge in [0.2, 0.25) is 0 Å². The average molecular weight is 696 g/mol. The van der Waals surface area contributed by atoms with Gasteiger partial charge in [-0.1, -0.05) is 13.0 Å². The average Bonchev–Trinajstić information content (AvgIpc) is 3.49. The Hall–Kier alpha value is -5.74. The molecule has 258 valence electrons. The molecule has 1 aliphatic heterocycles. The number of carbonyl (C=O) groups excluding carboxylic acids is 4. The van der Waals surface area contributed by atoms with Crippen LogP contribution in [0.3, 0.4) is 0 Å². The van der Waals surface area contributed by atoms with Gasteiger partial charge >= 0.3 is 12.1 Å². The van der Waals surface area contributed by atoms with E-state index in [9.17, 15) is 24.4 Å². The third-order valence-corrected chi connectivity index (χ3v) is 8.60. The number of esters is 1. The quantitative estimate of drug-likeness (QED) is 0.166. The van der Waals surface area contributed by atoms with Crippen molar-refractivity contribution in [3.05, 3.63) is 87.6 Å². The predicted octanol–water partition coefficient (Wildman–Crippen LogP) is 6.49. The lowest BCUT2D eigenvalue weighted by Gasteiger charge is -2.20. The summed E-state index contributed by atoms with van der Waals surface area (Å²) >= 11 is 1.52. The standard InChI is InChI=1S/C37H37N5O7S/c1-6-13-39-34(44)29-10-8-24(31(41-29)35(45)47-5)25-18-30-27(32-22(11-14-48-30)12-15-50-32)17-26(25)33(43)42-28-9-7-21(16-23(28)19-38)20-40-36(46)49-37(2,3)4/h7-10,12,15-18H,6,11,13-14,20H2,1-5H3,(H,39,44)(H,40,46)(H,42,43). The summed E-state index contributed by atoms with van der Waals surface area (Å²) in [6, 6.07) is 15.4. The van der Waals surface area contributed by atoms with Gasteiger partial charge in [0.1, 0.15) is 23.1 Å². The number of fused-ring (bicyclic) bond motifs is 3. The van der Waals surface area contributed by atoms with Gasteiger partial charge in [-0.15, -0.1) is 11.3 Å². The van der Waals surface area contributed by atoms with Crippen LogP contribution in [-0.2, 0) is 22.4 Å². The Morgan fingerprint density at radius 3 is 2.52 bits per heavy atom. The molecule has 3 N–H and O–H groups in total. The number of methoxy groups -OCH3 is 1. The highest BCUT2D eigenvalue weighted by atomic mass is 32.1. The molecule has 4 aromatic rings. The number of rotatable bonds is 9. The summed E-state index contributed by atoms with van der Waals surface area (Å²) < 4.78 is 16.5. The molecule has 1 aliphatic rings. The summed E-state index contributed by atoms with van der Waals surface area (Å²) in [6.45, 7) is 8.13. The van der Waals surface area contributed by atoms with E-state index in [0.717, 1.165) is 10.4 Å². The van der Waals surface area contributed by atoms with Crippen molar-refractivity contribution in [3.63, 3.8) is 0 Å². The summed E-state index contributed by atoms with van der Waals surface area (Å²) in [5.41, 5.74) is 2.73. The fourth-order valence-electron chi connectivity index (χ4n) is 5.29. The second-order valence-corrected chi connectivity index (χ2v) is 13.3. The van der Waals surface area contributed by atoms with Crippen molar-refractivity contribution >= 4 is 40.9 Å². The molecule has 5 rings (SSSR count). The number of aromatic nitrogens is 1. The van der Waals surface area contributed by atoms with Crippen LogP contribution in [0.15, 0.2) is 53.9 Å². The van der Waals surface area contributed by atoms with Crippen molar-refractivity contribution in [2.45, 2.75) is 52.7 Å². The zero-order valence-electron chi connectivity index (χ0n) is 28.4. The Kier molecular flexibility index (Phi) is 10.8. The fourth-order valence-corrected chi connectivity index (χ4v) is 6.27. The predicted molar refractivity (Wildman–Crippen MR) is 188 cm³/mol. The van der Waals surface area contributed by atoms with E-state index in [2.05, 4.69) is 27.0 Å². The molecular formula is C37H37N5O7S. The molecule has 0 unspecified atom stereocenters. The van der Waals surface area contributed by atoms with Gasteiger partial charge in [-0.05, 0) is 86.2 Å². The van der Waals surface area contributed by atoms with Crippen LogP contribution in [0, 0.1) is 11.3 Å². The van der Waals surface area contributed by atoms with Gasteiger partial charge in [0.15, 0.2) is 5.69 Å². The number of carbonyl (C=O) groups is 4. The second-order valence-electron chi connectivity index (χ2n) is 12.4. The number of nitriles is 1. The lowest BCUT2D eigenvalue weighted by atomic mass is 9.93. The first kappa shape index (κ1) is 35.6. The molecule has 3 amide bonds. The highest BCUT2D eigenvalue weighted by molar-refractivity contribution is 7.13. The van der Waals surface area contributed by atoms with Crippen molar-refractivity contribution < 1.29 is 33.4 Å². The van der Waals surface area contributed by atoms with Crippen LogP contribution in [0.25, 0.3) is 21.6 Å². The Morgan fingerprint density at radius 1 is 1.00 bits per heavy atom. The van der Waals surface area contributed by atoms with E-state index >= 15 is 0 Å². The van der Waals surface area contributed by atoms with E-state index in [1.807, 2.05) is 18.4 Å². The van der Waals surface area contributed by atoms with Crippen molar-refractivity contribution in [1.82, 2.24) is 15.6 Å². The van der Waals surface area contributed by atoms with Crippen molar-refractivity contribution in [2.24, 2.45) is 0 Å². The molecule has 0 bridgehead atoms. The van der Waals surface area contributed by atoms with Gasteiger partial charge in [-0.25, -0.2) is 14.6 Å². The molecule has 0 saturated heterocycles. The fraction of sp³-hybridized carbons (Fsp3) is 0.297. The van der Waals surface area contributed by atoms with Gasteiger partial charge in [0.05, 0.1) is 25.0 Å². The summed E-state index contributed by atoms with van der Waals surface area (Å²) in [6.07, 6.45) is 0.783. The van der Waals surface area contributed by atoms with E-state index in [1.165, 1.54) is 24.5 Å². The van der Waals surface area contributed by atoms with E-state index < -0.39 is 29.5 Å². The maximum atomic E-state index is 14.2. The minimum atomic E-state index is -0.796. The van der Waals surface area contributed by atoms with Crippen LogP contribution >= 0.6 is 11.3 Å². The molecule has 3 heterocycles. The summed E-state index contributed by atoms with van der Waals surface area (Å²) in [5, 5.41) is 20.2. The molecular weight excluding hydrogens is 659 g/mol. The maximum Gasteiger partial charge on any atom is 0.407 e. The summed E-state index contributed by atoms with van der Waals surface area (Å²) in [4.78, 5) is 57.6. The number of hydrogen-bond donors (Lipinski definition) is 3. The van der Waals surface area contributed by atoms with Gasteiger partial charge in [-0.3, -0.25) is 9.59 Å². The second kappa shape index (κ2) is 15.2. The number of benzene rings is 2. The molecule has 0 aliphatic carbocycles. The van der Waals surface area contributed by atoms with Gasteiger partial charge in [-0.2, -0.15) is 5.26 Å². The van der Waals surface area contributed by atoms with E-state index in [0.29, 0.717) is 48.4 Å². The number of alkyl carbamates (subject to hydrolysis) is 1. The van der Waals surface area contributed by atoms with Crippen molar-refractivity contribution in [3.8, 4) is 33.4 Å². The molecule has 2 aromatic carbocycles. The maximum absolute atomic E-state index is 14.2. The highest BCUT2D eigenvalue weighted by Gasteiger charge is 2.27. The molecule has 13 heteroatoms. The Balaban J connectivity index is 1.57. The topological polar surface area (TPSA) is 169 Å². The van der Waals surface area contributed by atoms with Crippen LogP contribution < -0.4 is 20.7 Å². The molecule has 50 heavy (non-hydrogen) atoms. The number of nitrogens with zero attached hydrogens (tertiary/aromatic N) is 2. The number of pyridine rings is 1. The van der Waals surface area contributed by atoms with E-state index in [1.54, 1.807) is 57.2 Å². The lowest BCUT2D eigenvalue weighted by Crippen LogP contribution is -2.32. The highest BCUT2D eigenvalue weighted by Crippen LogP contribution is 2.43. The van der Waals surface area contributed by atoms with Crippen LogP contribution in [0.1, 0.15) is 82.1 Å². The van der Waals surface area contributed by atoms with Crippen LogP contribution in [-0.4, -0.2) is 54.7 Å². The smallest absolute Gasteiger partial charge is 0.407 e. The lowest BCUT2D eigenvalue weighted by molar-refractivity contribution is 0.0522. The van der Waals surface area contributed by atoms with Gasteiger partial charge in [0, 0.05) is 46.6 Å². The molecule has 12 nitrogen and oxygen atoms in total. The third kappa shape index (κ3) is 8.10. The van der Waals surface area contributed by atoms with Crippen molar-refractivity contribution in [2.75, 3.05) is 25.6 Å². The summed E-state index contributed by atoms with van der Waals surface area (Å²) in [5.74, 6) is -1.30. The number of anilines is 1. The zero-order chi connectivity index (χ0) is 36.0. The van der Waals surface area contributed by atoms with Crippen LogP contribution in [0.5, 0.6) is 5.75 Å². The van der Waals surface area contributed by atoms with Crippen LogP contribution in [0.2, 0.25) is 0 Å². The van der Waals surface area contributed by atoms with Crippen molar-refractivity contribution in [1.29, 1.82) is 5.26 Å². The van der Waals surface area contributed by atoms with Crippen LogP contribution in [0.4, 0.5) is 10.5 Å². The number of ether oxygens (including phenoxy) is 3.